The Morgan fingerprint density at radius 3 is 2.37 bits per heavy atom. The van der Waals surface area contributed by atoms with Gasteiger partial charge in [-0.05, 0) is 39.7 Å². The first kappa shape index (κ1) is 20.9. The lowest BCUT2D eigenvalue weighted by molar-refractivity contribution is -0.140. The Hall–Kier alpha value is -2.37. The molecular formula is C21H31N3O3. The quantitative estimate of drug-likeness (QED) is 0.562. The van der Waals surface area contributed by atoms with Crippen molar-refractivity contribution in [2.24, 2.45) is 0 Å². The van der Waals surface area contributed by atoms with Gasteiger partial charge in [0, 0.05) is 12.6 Å². The van der Waals surface area contributed by atoms with Gasteiger partial charge in [0.1, 0.15) is 12.1 Å². The molecule has 4 amide bonds. The number of hydrogen-bond acceptors (Lipinski definition) is 3. The Kier molecular flexibility index (Phi) is 6.63. The van der Waals surface area contributed by atoms with Crippen LogP contribution >= 0.6 is 0 Å². The monoisotopic (exact) mass is 373 g/mol. The van der Waals surface area contributed by atoms with E-state index in [1.807, 2.05) is 45.0 Å². The maximum atomic E-state index is 13.0. The lowest BCUT2D eigenvalue weighted by atomic mass is 9.91. The summed E-state index contributed by atoms with van der Waals surface area (Å²) in [6, 6.07) is 6.99. The predicted molar refractivity (Wildman–Crippen MR) is 105 cm³/mol. The van der Waals surface area contributed by atoms with E-state index in [9.17, 15) is 14.4 Å². The Labute approximate surface area is 161 Å². The molecule has 1 heterocycles. The van der Waals surface area contributed by atoms with E-state index in [-0.39, 0.29) is 24.4 Å². The molecule has 0 bridgehead atoms. The van der Waals surface area contributed by atoms with Crippen molar-refractivity contribution >= 4 is 17.8 Å². The zero-order valence-electron chi connectivity index (χ0n) is 17.0. The maximum absolute atomic E-state index is 13.0. The van der Waals surface area contributed by atoms with Gasteiger partial charge in [-0.3, -0.25) is 14.5 Å². The standard InChI is InChI=1S/C21H31N3O3/c1-6-7-8-13-23(15(2)3)18(25)14-24-19(26)21(5,22-20(24)27)17-11-9-16(4)10-12-17/h9-12,15H,6-8,13-14H2,1-5H3,(H,22,27). The van der Waals surface area contributed by atoms with Gasteiger partial charge in [-0.25, -0.2) is 4.79 Å². The summed E-state index contributed by atoms with van der Waals surface area (Å²) in [6.45, 7) is 10.1. The molecule has 1 aliphatic heterocycles. The number of nitrogens with one attached hydrogen (secondary N) is 1. The number of carbonyl (C=O) groups excluding carboxylic acids is 3. The highest BCUT2D eigenvalue weighted by Crippen LogP contribution is 2.29. The molecule has 27 heavy (non-hydrogen) atoms. The van der Waals surface area contributed by atoms with Crippen molar-refractivity contribution in [1.29, 1.82) is 0 Å². The molecule has 1 aromatic rings. The van der Waals surface area contributed by atoms with Crippen LogP contribution in [-0.2, 0) is 15.1 Å². The first-order valence-corrected chi connectivity index (χ1v) is 9.71. The summed E-state index contributed by atoms with van der Waals surface area (Å²) in [5.41, 5.74) is 0.645. The molecule has 1 aliphatic rings. The molecule has 0 radical (unpaired) electrons. The fourth-order valence-corrected chi connectivity index (χ4v) is 3.35. The summed E-state index contributed by atoms with van der Waals surface area (Å²) in [6.07, 6.45) is 3.04. The second kappa shape index (κ2) is 8.55. The van der Waals surface area contributed by atoms with Crippen molar-refractivity contribution in [2.75, 3.05) is 13.1 Å². The van der Waals surface area contributed by atoms with Gasteiger partial charge in [-0.15, -0.1) is 0 Å². The van der Waals surface area contributed by atoms with Crippen molar-refractivity contribution in [1.82, 2.24) is 15.1 Å². The zero-order valence-corrected chi connectivity index (χ0v) is 17.0. The minimum atomic E-state index is -1.14. The molecule has 1 aromatic carbocycles. The van der Waals surface area contributed by atoms with E-state index < -0.39 is 11.6 Å². The van der Waals surface area contributed by atoms with E-state index in [1.54, 1.807) is 11.8 Å². The fourth-order valence-electron chi connectivity index (χ4n) is 3.35. The van der Waals surface area contributed by atoms with E-state index in [0.29, 0.717) is 12.1 Å². The SMILES string of the molecule is CCCCCN(C(=O)CN1C(=O)NC(C)(c2ccc(C)cc2)C1=O)C(C)C. The summed E-state index contributed by atoms with van der Waals surface area (Å²) >= 11 is 0. The second-order valence-electron chi connectivity index (χ2n) is 7.70. The number of hydrogen-bond donors (Lipinski definition) is 1. The number of unbranched alkanes of at least 4 members (excludes halogenated alkanes) is 2. The van der Waals surface area contributed by atoms with E-state index >= 15 is 0 Å². The highest BCUT2D eigenvalue weighted by molar-refractivity contribution is 6.09. The maximum Gasteiger partial charge on any atom is 0.325 e. The number of amides is 4. The molecule has 1 atom stereocenters. The minimum Gasteiger partial charge on any atom is -0.339 e. The van der Waals surface area contributed by atoms with Gasteiger partial charge >= 0.3 is 6.03 Å². The third-order valence-corrected chi connectivity index (χ3v) is 5.14. The van der Waals surface area contributed by atoms with Crippen LogP contribution in [-0.4, -0.2) is 46.8 Å². The number of nitrogens with zero attached hydrogens (tertiary/aromatic N) is 2. The Balaban J connectivity index is 2.14. The van der Waals surface area contributed by atoms with Crippen molar-refractivity contribution in [3.8, 4) is 0 Å². The Morgan fingerprint density at radius 1 is 1.19 bits per heavy atom. The number of urea groups is 1. The summed E-state index contributed by atoms with van der Waals surface area (Å²) in [7, 11) is 0. The van der Waals surface area contributed by atoms with Crippen molar-refractivity contribution in [3.63, 3.8) is 0 Å². The average molecular weight is 373 g/mol. The van der Waals surface area contributed by atoms with Gasteiger partial charge < -0.3 is 10.2 Å². The molecule has 0 saturated carbocycles. The molecular weight excluding hydrogens is 342 g/mol. The number of carbonyl (C=O) groups is 3. The molecule has 1 unspecified atom stereocenters. The normalized spacial score (nSPS) is 19.6. The van der Waals surface area contributed by atoms with Crippen LogP contribution in [0.1, 0.15) is 58.1 Å². The summed E-state index contributed by atoms with van der Waals surface area (Å²) < 4.78 is 0. The minimum absolute atomic E-state index is 0.0265. The molecule has 1 fully saturated rings. The molecule has 1 N–H and O–H groups in total. The third kappa shape index (κ3) is 4.49. The Bertz CT molecular complexity index is 699. The molecule has 0 aliphatic carbocycles. The molecule has 6 nitrogen and oxygen atoms in total. The van der Waals surface area contributed by atoms with Gasteiger partial charge in [0.2, 0.25) is 5.91 Å². The average Bonchev–Trinajstić information content (AvgIpc) is 2.83. The van der Waals surface area contributed by atoms with Crippen LogP contribution in [0.5, 0.6) is 0 Å². The first-order chi connectivity index (χ1) is 12.7. The van der Waals surface area contributed by atoms with Gasteiger partial charge in [0.25, 0.3) is 5.91 Å². The van der Waals surface area contributed by atoms with Gasteiger partial charge in [0.05, 0.1) is 0 Å². The van der Waals surface area contributed by atoms with Crippen LogP contribution in [0.2, 0.25) is 0 Å². The zero-order chi connectivity index (χ0) is 20.2. The highest BCUT2D eigenvalue weighted by atomic mass is 16.2. The van der Waals surface area contributed by atoms with Crippen molar-refractivity contribution < 1.29 is 14.4 Å². The molecule has 6 heteroatoms. The van der Waals surface area contributed by atoms with Crippen LogP contribution < -0.4 is 5.32 Å². The molecule has 148 valence electrons. The lowest BCUT2D eigenvalue weighted by Gasteiger charge is -2.28. The highest BCUT2D eigenvalue weighted by Gasteiger charge is 2.49. The Morgan fingerprint density at radius 2 is 1.81 bits per heavy atom. The van der Waals surface area contributed by atoms with E-state index in [1.165, 1.54) is 0 Å². The van der Waals surface area contributed by atoms with Crippen molar-refractivity contribution in [2.45, 2.75) is 65.5 Å². The van der Waals surface area contributed by atoms with Crippen LogP contribution in [0.3, 0.4) is 0 Å². The van der Waals surface area contributed by atoms with Gasteiger partial charge in [-0.1, -0.05) is 49.6 Å². The van der Waals surface area contributed by atoms with E-state index in [0.717, 1.165) is 29.7 Å². The third-order valence-electron chi connectivity index (χ3n) is 5.14. The summed E-state index contributed by atoms with van der Waals surface area (Å²) in [5, 5.41) is 2.76. The van der Waals surface area contributed by atoms with Gasteiger partial charge in [0.15, 0.2) is 0 Å². The molecule has 0 spiro atoms. The smallest absolute Gasteiger partial charge is 0.325 e. The summed E-state index contributed by atoms with van der Waals surface area (Å²) in [4.78, 5) is 41.0. The predicted octanol–water partition coefficient (Wildman–Crippen LogP) is 3.19. The summed E-state index contributed by atoms with van der Waals surface area (Å²) in [5.74, 6) is -0.584. The van der Waals surface area contributed by atoms with Crippen LogP contribution in [0, 0.1) is 6.92 Å². The van der Waals surface area contributed by atoms with Crippen LogP contribution in [0.15, 0.2) is 24.3 Å². The molecule has 2 rings (SSSR count). The number of rotatable bonds is 8. The first-order valence-electron chi connectivity index (χ1n) is 9.71. The number of imide groups is 1. The van der Waals surface area contributed by atoms with Crippen LogP contribution in [0.25, 0.3) is 0 Å². The molecule has 0 aromatic heterocycles. The molecule has 1 saturated heterocycles. The van der Waals surface area contributed by atoms with E-state index in [4.69, 9.17) is 0 Å². The topological polar surface area (TPSA) is 69.7 Å². The fraction of sp³-hybridized carbons (Fsp3) is 0.571. The largest absolute Gasteiger partial charge is 0.339 e. The second-order valence-corrected chi connectivity index (χ2v) is 7.70. The van der Waals surface area contributed by atoms with Gasteiger partial charge in [-0.2, -0.15) is 0 Å². The lowest BCUT2D eigenvalue weighted by Crippen LogP contribution is -2.46. The number of benzene rings is 1. The van der Waals surface area contributed by atoms with Crippen molar-refractivity contribution in [3.05, 3.63) is 35.4 Å². The number of aryl methyl sites for hydroxylation is 1. The van der Waals surface area contributed by atoms with E-state index in [2.05, 4.69) is 12.2 Å². The van der Waals surface area contributed by atoms with Crippen LogP contribution in [0.4, 0.5) is 4.79 Å².